The van der Waals surface area contributed by atoms with Gasteiger partial charge in [-0.1, -0.05) is 6.42 Å². The second-order valence-corrected chi connectivity index (χ2v) is 8.69. The molecule has 3 heterocycles. The summed E-state index contributed by atoms with van der Waals surface area (Å²) < 4.78 is 10.7. The maximum atomic E-state index is 12.9. The van der Waals surface area contributed by atoms with Crippen LogP contribution in [0.4, 0.5) is 5.69 Å². The maximum absolute atomic E-state index is 12.9. The van der Waals surface area contributed by atoms with Gasteiger partial charge in [-0.3, -0.25) is 9.59 Å². The highest BCUT2D eigenvalue weighted by Crippen LogP contribution is 2.36. The fourth-order valence-electron chi connectivity index (χ4n) is 5.32. The van der Waals surface area contributed by atoms with Gasteiger partial charge in [0.05, 0.1) is 25.8 Å². The standard InChI is InChI=1S/C23H33N3O4/c1-29-18-8-9-20(21(13-18)30-2)26-15-17(12-22(26)27)23(28)24-14-16-6-5-11-25-10-4-3-7-19(16)25/h8-9,13,16-17,19H,3-7,10-12,14-15H2,1-2H3,(H,24,28)/t16-,17-,19-/m1/s1. The Labute approximate surface area is 178 Å². The van der Waals surface area contributed by atoms with Gasteiger partial charge < -0.3 is 24.6 Å². The molecule has 4 rings (SSSR count). The number of fused-ring (bicyclic) bond motifs is 1. The average Bonchev–Trinajstić information content (AvgIpc) is 3.18. The van der Waals surface area contributed by atoms with Gasteiger partial charge in [-0.15, -0.1) is 0 Å². The SMILES string of the molecule is COc1ccc(N2C[C@H](C(=O)NC[C@H]3CCCN4CCCC[C@H]34)CC2=O)c(OC)c1. The van der Waals surface area contributed by atoms with Crippen LogP contribution in [-0.2, 0) is 9.59 Å². The summed E-state index contributed by atoms with van der Waals surface area (Å²) in [7, 11) is 3.16. The molecule has 30 heavy (non-hydrogen) atoms. The van der Waals surface area contributed by atoms with Crippen LogP contribution in [-0.4, -0.2) is 63.2 Å². The minimum atomic E-state index is -0.324. The van der Waals surface area contributed by atoms with E-state index in [1.807, 2.05) is 6.07 Å². The molecule has 0 radical (unpaired) electrons. The van der Waals surface area contributed by atoms with E-state index in [1.165, 1.54) is 45.2 Å². The van der Waals surface area contributed by atoms with Gasteiger partial charge in [0.2, 0.25) is 11.8 Å². The van der Waals surface area contributed by atoms with Crippen molar-refractivity contribution in [2.45, 2.75) is 44.6 Å². The fraction of sp³-hybridized carbons (Fsp3) is 0.652. The molecule has 0 aliphatic carbocycles. The van der Waals surface area contributed by atoms with Crippen LogP contribution in [0.5, 0.6) is 11.5 Å². The molecule has 0 spiro atoms. The van der Waals surface area contributed by atoms with Crippen molar-refractivity contribution in [3.63, 3.8) is 0 Å². The summed E-state index contributed by atoms with van der Waals surface area (Å²) in [6, 6.07) is 5.99. The van der Waals surface area contributed by atoms with E-state index in [9.17, 15) is 9.59 Å². The van der Waals surface area contributed by atoms with Gasteiger partial charge in [-0.05, 0) is 56.8 Å². The largest absolute Gasteiger partial charge is 0.497 e. The molecule has 3 atom stereocenters. The number of carbonyl (C=O) groups excluding carboxylic acids is 2. The van der Waals surface area contributed by atoms with Gasteiger partial charge in [-0.25, -0.2) is 0 Å². The first-order valence-electron chi connectivity index (χ1n) is 11.1. The number of piperidine rings is 2. The lowest BCUT2D eigenvalue weighted by molar-refractivity contribution is -0.126. The minimum Gasteiger partial charge on any atom is -0.497 e. The molecular formula is C23H33N3O4. The summed E-state index contributed by atoms with van der Waals surface area (Å²) in [4.78, 5) is 29.8. The molecule has 1 aromatic rings. The first kappa shape index (κ1) is 21.0. The van der Waals surface area contributed by atoms with Gasteiger partial charge >= 0.3 is 0 Å². The summed E-state index contributed by atoms with van der Waals surface area (Å²) >= 11 is 0. The van der Waals surface area contributed by atoms with E-state index in [-0.39, 0.29) is 24.2 Å². The fourth-order valence-corrected chi connectivity index (χ4v) is 5.32. The summed E-state index contributed by atoms with van der Waals surface area (Å²) in [5, 5.41) is 3.17. The lowest BCUT2D eigenvalue weighted by atomic mass is 9.83. The Morgan fingerprint density at radius 1 is 1.13 bits per heavy atom. The lowest BCUT2D eigenvalue weighted by Crippen LogP contribution is -2.51. The van der Waals surface area contributed by atoms with Crippen molar-refractivity contribution in [2.24, 2.45) is 11.8 Å². The highest BCUT2D eigenvalue weighted by molar-refractivity contribution is 6.01. The zero-order valence-corrected chi connectivity index (χ0v) is 18.1. The summed E-state index contributed by atoms with van der Waals surface area (Å²) in [6.45, 7) is 3.50. The Hall–Kier alpha value is -2.28. The van der Waals surface area contributed by atoms with E-state index in [4.69, 9.17) is 9.47 Å². The molecule has 3 aliphatic rings. The molecule has 0 saturated carbocycles. The number of benzene rings is 1. The van der Waals surface area contributed by atoms with Crippen LogP contribution in [0.15, 0.2) is 18.2 Å². The van der Waals surface area contributed by atoms with E-state index in [0.29, 0.717) is 35.7 Å². The maximum Gasteiger partial charge on any atom is 0.227 e. The van der Waals surface area contributed by atoms with E-state index in [2.05, 4.69) is 10.2 Å². The van der Waals surface area contributed by atoms with Gasteiger partial charge in [0.15, 0.2) is 0 Å². The number of anilines is 1. The first-order valence-corrected chi connectivity index (χ1v) is 11.1. The van der Waals surface area contributed by atoms with Crippen LogP contribution in [0.25, 0.3) is 0 Å². The van der Waals surface area contributed by atoms with Crippen molar-refractivity contribution in [3.8, 4) is 11.5 Å². The normalized spacial score (nSPS) is 26.9. The van der Waals surface area contributed by atoms with Crippen LogP contribution < -0.4 is 19.7 Å². The van der Waals surface area contributed by atoms with Crippen molar-refractivity contribution >= 4 is 17.5 Å². The number of carbonyl (C=O) groups is 2. The third-order valence-electron chi connectivity index (χ3n) is 6.94. The Morgan fingerprint density at radius 2 is 1.97 bits per heavy atom. The van der Waals surface area contributed by atoms with E-state index in [0.717, 1.165) is 6.54 Å². The molecule has 1 N–H and O–H groups in total. The van der Waals surface area contributed by atoms with Crippen molar-refractivity contribution in [2.75, 3.05) is 45.3 Å². The quantitative estimate of drug-likeness (QED) is 0.773. The molecule has 2 amide bonds. The average molecular weight is 416 g/mol. The second kappa shape index (κ2) is 9.25. The molecule has 3 aliphatic heterocycles. The summed E-state index contributed by atoms with van der Waals surface area (Å²) in [6.07, 6.45) is 6.46. The van der Waals surface area contributed by atoms with Gasteiger partial charge in [0, 0.05) is 31.6 Å². The predicted octanol–water partition coefficient (Wildman–Crippen LogP) is 2.44. The molecule has 7 nitrogen and oxygen atoms in total. The molecule has 0 aromatic heterocycles. The number of methoxy groups -OCH3 is 2. The van der Waals surface area contributed by atoms with Crippen molar-refractivity contribution < 1.29 is 19.1 Å². The molecule has 0 unspecified atom stereocenters. The van der Waals surface area contributed by atoms with E-state index in [1.54, 1.807) is 31.3 Å². The van der Waals surface area contributed by atoms with Crippen LogP contribution >= 0.6 is 0 Å². The van der Waals surface area contributed by atoms with Crippen LogP contribution in [0.2, 0.25) is 0 Å². The van der Waals surface area contributed by atoms with E-state index < -0.39 is 0 Å². The zero-order chi connectivity index (χ0) is 21.1. The predicted molar refractivity (Wildman–Crippen MR) is 115 cm³/mol. The molecular weight excluding hydrogens is 382 g/mol. The number of nitrogens with zero attached hydrogens (tertiary/aromatic N) is 2. The van der Waals surface area contributed by atoms with Crippen molar-refractivity contribution in [3.05, 3.63) is 18.2 Å². The molecule has 1 aromatic carbocycles. The molecule has 0 bridgehead atoms. The smallest absolute Gasteiger partial charge is 0.227 e. The van der Waals surface area contributed by atoms with Gasteiger partial charge in [0.1, 0.15) is 11.5 Å². The number of rotatable bonds is 6. The van der Waals surface area contributed by atoms with E-state index >= 15 is 0 Å². The van der Waals surface area contributed by atoms with Crippen molar-refractivity contribution in [1.82, 2.24) is 10.2 Å². The summed E-state index contributed by atoms with van der Waals surface area (Å²) in [5.41, 5.74) is 0.684. The summed E-state index contributed by atoms with van der Waals surface area (Å²) in [5.74, 6) is 1.39. The number of hydrogen-bond donors (Lipinski definition) is 1. The number of ether oxygens (including phenoxy) is 2. The topological polar surface area (TPSA) is 71.1 Å². The number of hydrogen-bond acceptors (Lipinski definition) is 5. The Bertz CT molecular complexity index is 782. The number of amides is 2. The Morgan fingerprint density at radius 3 is 2.77 bits per heavy atom. The molecule has 164 valence electrons. The van der Waals surface area contributed by atoms with Crippen LogP contribution in [0.3, 0.4) is 0 Å². The highest BCUT2D eigenvalue weighted by Gasteiger charge is 2.38. The van der Waals surface area contributed by atoms with Crippen molar-refractivity contribution in [1.29, 1.82) is 0 Å². The third kappa shape index (κ3) is 4.26. The molecule has 7 heteroatoms. The lowest BCUT2D eigenvalue weighted by Gasteiger charge is -2.44. The third-order valence-corrected chi connectivity index (χ3v) is 6.94. The van der Waals surface area contributed by atoms with Gasteiger partial charge in [-0.2, -0.15) is 0 Å². The van der Waals surface area contributed by atoms with Crippen LogP contribution in [0.1, 0.15) is 38.5 Å². The Kier molecular flexibility index (Phi) is 6.46. The highest BCUT2D eigenvalue weighted by atomic mass is 16.5. The monoisotopic (exact) mass is 415 g/mol. The Balaban J connectivity index is 1.36. The molecule has 3 saturated heterocycles. The molecule has 3 fully saturated rings. The van der Waals surface area contributed by atoms with Crippen LogP contribution in [0, 0.1) is 11.8 Å². The zero-order valence-electron chi connectivity index (χ0n) is 18.1. The second-order valence-electron chi connectivity index (χ2n) is 8.69. The minimum absolute atomic E-state index is 0.00809. The van der Waals surface area contributed by atoms with Gasteiger partial charge in [0.25, 0.3) is 0 Å². The first-order chi connectivity index (χ1) is 14.6. The number of nitrogens with one attached hydrogen (secondary N) is 1.